The Labute approximate surface area is 109 Å². The molecule has 2 rings (SSSR count). The van der Waals surface area contributed by atoms with Crippen LogP contribution in [0.2, 0.25) is 5.02 Å². The Morgan fingerprint density at radius 1 is 1.44 bits per heavy atom. The summed E-state index contributed by atoms with van der Waals surface area (Å²) in [5, 5.41) is 11.1. The van der Waals surface area contributed by atoms with Gasteiger partial charge in [-0.15, -0.1) is 5.10 Å². The van der Waals surface area contributed by atoms with Crippen LogP contribution in [0.4, 0.5) is 11.7 Å². The highest BCUT2D eigenvalue weighted by Crippen LogP contribution is 2.28. The molecule has 0 fully saturated rings. The summed E-state index contributed by atoms with van der Waals surface area (Å²) in [6, 6.07) is 5.21. The van der Waals surface area contributed by atoms with Crippen molar-refractivity contribution < 1.29 is 9.15 Å². The normalized spacial score (nSPS) is 12.2. The number of nitrogens with two attached hydrogens (primary N) is 1. The maximum atomic E-state index is 6.00. The first kappa shape index (κ1) is 12.7. The number of hydrogen-bond donors (Lipinski definition) is 2. The second-order valence-electron chi connectivity index (χ2n) is 3.71. The number of hydrogen-bond acceptors (Lipinski definition) is 6. The summed E-state index contributed by atoms with van der Waals surface area (Å²) in [4.78, 5) is 0. The zero-order valence-electron chi connectivity index (χ0n) is 9.98. The molecule has 0 saturated carbocycles. The number of halogens is 1. The molecule has 0 saturated heterocycles. The number of aromatic nitrogens is 2. The third-order valence-corrected chi connectivity index (χ3v) is 2.53. The third-order valence-electron chi connectivity index (χ3n) is 2.23. The first-order valence-electron chi connectivity index (χ1n) is 5.29. The molecule has 1 aromatic carbocycles. The van der Waals surface area contributed by atoms with Crippen LogP contribution in [0.25, 0.3) is 0 Å². The van der Waals surface area contributed by atoms with E-state index in [2.05, 4.69) is 15.5 Å². The second kappa shape index (κ2) is 5.24. The lowest BCUT2D eigenvalue weighted by Crippen LogP contribution is -2.04. The van der Waals surface area contributed by atoms with Gasteiger partial charge in [-0.2, -0.15) is 0 Å². The molecule has 18 heavy (non-hydrogen) atoms. The highest BCUT2D eigenvalue weighted by atomic mass is 35.5. The molecular weight excluding hydrogens is 256 g/mol. The van der Waals surface area contributed by atoms with E-state index in [1.165, 1.54) is 0 Å². The molecule has 1 unspecified atom stereocenters. The van der Waals surface area contributed by atoms with Gasteiger partial charge in [-0.3, -0.25) is 0 Å². The average molecular weight is 269 g/mol. The molecule has 6 nitrogen and oxygen atoms in total. The van der Waals surface area contributed by atoms with E-state index >= 15 is 0 Å². The average Bonchev–Trinajstić information content (AvgIpc) is 2.78. The third kappa shape index (κ3) is 2.72. The summed E-state index contributed by atoms with van der Waals surface area (Å²) in [5.74, 6) is 0.973. The van der Waals surface area contributed by atoms with Crippen LogP contribution in [0.5, 0.6) is 5.75 Å². The topological polar surface area (TPSA) is 86.2 Å². The summed E-state index contributed by atoms with van der Waals surface area (Å²) in [6.45, 7) is 1.77. The molecule has 96 valence electrons. The van der Waals surface area contributed by atoms with Crippen molar-refractivity contribution in [1.29, 1.82) is 0 Å². The van der Waals surface area contributed by atoms with E-state index < -0.39 is 0 Å². The fourth-order valence-electron chi connectivity index (χ4n) is 1.34. The van der Waals surface area contributed by atoms with E-state index in [1.807, 2.05) is 0 Å². The Balaban J connectivity index is 2.15. The summed E-state index contributed by atoms with van der Waals surface area (Å²) >= 11 is 6.00. The predicted molar refractivity (Wildman–Crippen MR) is 68.2 cm³/mol. The quantitative estimate of drug-likeness (QED) is 0.886. The number of nitrogens with zero attached hydrogens (tertiary/aromatic N) is 2. The highest BCUT2D eigenvalue weighted by Gasteiger charge is 2.10. The molecule has 0 spiro atoms. The Morgan fingerprint density at radius 2 is 2.22 bits per heavy atom. The monoisotopic (exact) mass is 268 g/mol. The standard InChI is InChI=1S/C11H13ClN4O2/c1-6(13)10-15-16-11(18-10)14-7-3-4-9(17-2)8(12)5-7/h3-6H,13H2,1-2H3,(H,14,16). The van der Waals surface area contributed by atoms with Gasteiger partial charge in [0.1, 0.15) is 5.75 Å². The minimum Gasteiger partial charge on any atom is -0.495 e. The maximum Gasteiger partial charge on any atom is 0.320 e. The van der Waals surface area contributed by atoms with Crippen molar-refractivity contribution in [3.63, 3.8) is 0 Å². The van der Waals surface area contributed by atoms with Crippen molar-refractivity contribution in [3.05, 3.63) is 29.1 Å². The van der Waals surface area contributed by atoms with Gasteiger partial charge in [-0.1, -0.05) is 16.7 Å². The largest absolute Gasteiger partial charge is 0.495 e. The minimum absolute atomic E-state index is 0.267. The molecule has 2 aromatic rings. The Bertz CT molecular complexity index is 542. The van der Waals surface area contributed by atoms with Gasteiger partial charge in [0.2, 0.25) is 5.89 Å². The van der Waals surface area contributed by atoms with Crippen molar-refractivity contribution in [2.75, 3.05) is 12.4 Å². The molecule has 0 bridgehead atoms. The summed E-state index contributed by atoms with van der Waals surface area (Å²) < 4.78 is 10.4. The van der Waals surface area contributed by atoms with Crippen molar-refractivity contribution in [2.24, 2.45) is 5.73 Å². The van der Waals surface area contributed by atoms with E-state index in [4.69, 9.17) is 26.5 Å². The molecule has 0 aliphatic carbocycles. The number of rotatable bonds is 4. The molecule has 1 aromatic heterocycles. The Hall–Kier alpha value is -1.79. The van der Waals surface area contributed by atoms with Crippen LogP contribution in [0.3, 0.4) is 0 Å². The lowest BCUT2D eigenvalue weighted by atomic mass is 10.3. The first-order chi connectivity index (χ1) is 8.60. The van der Waals surface area contributed by atoms with Crippen molar-refractivity contribution in [3.8, 4) is 5.75 Å². The van der Waals surface area contributed by atoms with Gasteiger partial charge in [0, 0.05) is 5.69 Å². The van der Waals surface area contributed by atoms with Gasteiger partial charge in [-0.25, -0.2) is 0 Å². The zero-order chi connectivity index (χ0) is 13.1. The van der Waals surface area contributed by atoms with Crippen LogP contribution in [-0.2, 0) is 0 Å². The molecule has 0 radical (unpaired) electrons. The van der Waals surface area contributed by atoms with Crippen LogP contribution in [-0.4, -0.2) is 17.3 Å². The lowest BCUT2D eigenvalue weighted by Gasteiger charge is -2.05. The molecule has 1 heterocycles. The zero-order valence-corrected chi connectivity index (χ0v) is 10.7. The van der Waals surface area contributed by atoms with E-state index in [1.54, 1.807) is 32.2 Å². The Morgan fingerprint density at radius 3 is 2.78 bits per heavy atom. The number of methoxy groups -OCH3 is 1. The molecule has 1 atom stereocenters. The lowest BCUT2D eigenvalue weighted by molar-refractivity contribution is 0.415. The van der Waals surface area contributed by atoms with Gasteiger partial charge in [0.05, 0.1) is 18.2 Å². The van der Waals surface area contributed by atoms with Crippen LogP contribution in [0.15, 0.2) is 22.6 Å². The number of benzene rings is 1. The summed E-state index contributed by atoms with van der Waals surface area (Å²) in [7, 11) is 1.56. The van der Waals surface area contributed by atoms with Crippen LogP contribution >= 0.6 is 11.6 Å². The van der Waals surface area contributed by atoms with Crippen LogP contribution in [0, 0.1) is 0 Å². The summed E-state index contributed by atoms with van der Waals surface area (Å²) in [5.41, 5.74) is 6.34. The van der Waals surface area contributed by atoms with Crippen molar-refractivity contribution in [2.45, 2.75) is 13.0 Å². The first-order valence-corrected chi connectivity index (χ1v) is 5.67. The fourth-order valence-corrected chi connectivity index (χ4v) is 1.59. The van der Waals surface area contributed by atoms with E-state index in [9.17, 15) is 0 Å². The van der Waals surface area contributed by atoms with Crippen molar-refractivity contribution in [1.82, 2.24) is 10.2 Å². The van der Waals surface area contributed by atoms with Gasteiger partial charge in [0.15, 0.2) is 0 Å². The molecule has 7 heteroatoms. The van der Waals surface area contributed by atoms with E-state index in [0.717, 1.165) is 5.69 Å². The second-order valence-corrected chi connectivity index (χ2v) is 4.12. The smallest absolute Gasteiger partial charge is 0.320 e. The van der Waals surface area contributed by atoms with E-state index in [0.29, 0.717) is 16.7 Å². The van der Waals surface area contributed by atoms with Crippen molar-refractivity contribution >= 4 is 23.3 Å². The minimum atomic E-state index is -0.299. The number of nitrogens with one attached hydrogen (secondary N) is 1. The van der Waals surface area contributed by atoms with Crippen LogP contribution in [0.1, 0.15) is 18.9 Å². The van der Waals surface area contributed by atoms with E-state index in [-0.39, 0.29) is 12.1 Å². The molecular formula is C11H13ClN4O2. The maximum absolute atomic E-state index is 6.00. The fraction of sp³-hybridized carbons (Fsp3) is 0.273. The van der Waals surface area contributed by atoms with Gasteiger partial charge in [0.25, 0.3) is 0 Å². The Kier molecular flexibility index (Phi) is 3.69. The molecule has 0 aliphatic rings. The summed E-state index contributed by atoms with van der Waals surface area (Å²) in [6.07, 6.45) is 0. The predicted octanol–water partition coefficient (Wildman–Crippen LogP) is 2.49. The molecule has 0 amide bonds. The van der Waals surface area contributed by atoms with Gasteiger partial charge >= 0.3 is 6.01 Å². The number of ether oxygens (including phenoxy) is 1. The number of anilines is 2. The van der Waals surface area contributed by atoms with Gasteiger partial charge in [-0.05, 0) is 25.1 Å². The molecule has 0 aliphatic heterocycles. The van der Waals surface area contributed by atoms with Crippen LogP contribution < -0.4 is 15.8 Å². The molecule has 3 N–H and O–H groups in total. The highest BCUT2D eigenvalue weighted by molar-refractivity contribution is 6.32. The SMILES string of the molecule is COc1ccc(Nc2nnc(C(C)N)o2)cc1Cl. The van der Waals surface area contributed by atoms with Gasteiger partial charge < -0.3 is 20.2 Å².